The van der Waals surface area contributed by atoms with E-state index in [2.05, 4.69) is 8.76 Å². The van der Waals surface area contributed by atoms with Gasteiger partial charge in [0.25, 0.3) is 0 Å². The normalized spacial score (nSPS) is 27.9. The van der Waals surface area contributed by atoms with Crippen molar-refractivity contribution in [3.05, 3.63) is 0 Å². The summed E-state index contributed by atoms with van der Waals surface area (Å²) < 4.78 is 7.93. The highest BCUT2D eigenvalue weighted by molar-refractivity contribution is 8.68. The van der Waals surface area contributed by atoms with E-state index >= 15 is 0 Å². The van der Waals surface area contributed by atoms with Gasteiger partial charge < -0.3 is 0 Å². The summed E-state index contributed by atoms with van der Waals surface area (Å²) in [6.45, 7) is 0.743. The van der Waals surface area contributed by atoms with Crippen LogP contribution in [0.1, 0.15) is 0 Å². The lowest BCUT2D eigenvalue weighted by Crippen LogP contribution is -1.78. The Bertz CT molecular complexity index is 118. The monoisotopic (exact) mass is 135 g/mol. The average Bonchev–Trinajstić information content (AvgIpc) is 2.14. The fraction of sp³-hybridized carbons (Fsp3) is 0.500. The van der Waals surface area contributed by atoms with Crippen molar-refractivity contribution in [3.63, 3.8) is 0 Å². The van der Waals surface area contributed by atoms with Crippen LogP contribution in [-0.2, 0) is 9.91 Å². The van der Waals surface area contributed by atoms with Crippen molar-refractivity contribution in [3.8, 4) is 0 Å². The van der Waals surface area contributed by atoms with Crippen molar-refractivity contribution in [1.29, 1.82) is 0 Å². The van der Waals surface area contributed by atoms with Crippen LogP contribution in [0.2, 0.25) is 0 Å². The van der Waals surface area contributed by atoms with Gasteiger partial charge in [-0.15, -0.1) is 0 Å². The minimum atomic E-state index is -0.245. The van der Waals surface area contributed by atoms with Crippen LogP contribution in [0.5, 0.6) is 0 Å². The first-order valence-corrected chi connectivity index (χ1v) is 4.29. The third kappa shape index (κ3) is 1.25. The van der Waals surface area contributed by atoms with Crippen molar-refractivity contribution in [2.24, 2.45) is 13.9 Å². The molecule has 1 rings (SSSR count). The van der Waals surface area contributed by atoms with Gasteiger partial charge in [0.2, 0.25) is 0 Å². The molecule has 0 spiro atoms. The lowest BCUT2D eigenvalue weighted by Gasteiger charge is -1.83. The second kappa shape index (κ2) is 2.44. The van der Waals surface area contributed by atoms with Gasteiger partial charge in [-0.2, -0.15) is 0 Å². The zero-order valence-electron chi connectivity index (χ0n) is 3.57. The van der Waals surface area contributed by atoms with Gasteiger partial charge in [-0.3, -0.25) is 5.14 Å². The zero-order chi connectivity index (χ0) is 5.11. The molecule has 1 unspecified atom stereocenters. The summed E-state index contributed by atoms with van der Waals surface area (Å²) in [4.78, 5) is 0. The maximum absolute atomic E-state index is 5.16. The third-order valence-corrected chi connectivity index (χ3v) is 2.48. The van der Waals surface area contributed by atoms with Gasteiger partial charge in [-0.05, 0) is 0 Å². The van der Waals surface area contributed by atoms with Gasteiger partial charge in [0.15, 0.2) is 0 Å². The second-order valence-electron chi connectivity index (χ2n) is 0.927. The van der Waals surface area contributed by atoms with Crippen LogP contribution in [0.25, 0.3) is 0 Å². The van der Waals surface area contributed by atoms with E-state index in [1.165, 1.54) is 11.0 Å². The predicted molar refractivity (Wildman–Crippen MR) is 34.9 cm³/mol. The van der Waals surface area contributed by atoms with Crippen molar-refractivity contribution in [2.75, 3.05) is 6.54 Å². The van der Waals surface area contributed by atoms with E-state index in [1.807, 2.05) is 0 Å². The average molecular weight is 135 g/mol. The standard InChI is InChI=1S/C2H5N3S2/c3-6-7-4-1-2-5-7/h1H,2-3H2. The molecular formula is C2H5N3S2. The van der Waals surface area contributed by atoms with Crippen LogP contribution < -0.4 is 5.14 Å². The second-order valence-corrected chi connectivity index (χ2v) is 3.52. The molecule has 0 saturated carbocycles. The molecule has 0 bridgehead atoms. The molecule has 0 radical (unpaired) electrons. The molecule has 3 nitrogen and oxygen atoms in total. The van der Waals surface area contributed by atoms with Crippen LogP contribution in [0, 0.1) is 0 Å². The molecule has 1 heterocycles. The number of nitrogens with zero attached hydrogens (tertiary/aromatic N) is 2. The lowest BCUT2D eigenvalue weighted by atomic mass is 10.8. The maximum atomic E-state index is 5.16. The molecule has 0 aromatic rings. The van der Waals surface area contributed by atoms with E-state index < -0.39 is 0 Å². The third-order valence-electron chi connectivity index (χ3n) is 0.517. The molecule has 0 aliphatic carbocycles. The van der Waals surface area contributed by atoms with Crippen LogP contribution in [0.15, 0.2) is 8.76 Å². The van der Waals surface area contributed by atoms with Gasteiger partial charge in [0.1, 0.15) is 0 Å². The SMILES string of the molecule is NSS1=NCC=N1. The van der Waals surface area contributed by atoms with Crippen LogP contribution in [0.4, 0.5) is 0 Å². The quantitative estimate of drug-likeness (QED) is 0.415. The van der Waals surface area contributed by atoms with E-state index in [1.54, 1.807) is 6.21 Å². The Balaban J connectivity index is 2.52. The Morgan fingerprint density at radius 3 is 3.00 bits per heavy atom. The van der Waals surface area contributed by atoms with E-state index in [4.69, 9.17) is 5.14 Å². The zero-order valence-corrected chi connectivity index (χ0v) is 5.21. The summed E-state index contributed by atoms with van der Waals surface area (Å²) in [7, 11) is 0.950. The molecule has 0 saturated heterocycles. The van der Waals surface area contributed by atoms with E-state index in [0.717, 1.165) is 6.54 Å². The highest BCUT2D eigenvalue weighted by atomic mass is 33.1. The largest absolute Gasteiger partial charge is 0.266 e. The first kappa shape index (κ1) is 5.27. The molecule has 1 aliphatic rings. The van der Waals surface area contributed by atoms with Crippen LogP contribution >= 0.6 is 11.0 Å². The Labute approximate surface area is 48.2 Å². The van der Waals surface area contributed by atoms with Gasteiger partial charge >= 0.3 is 0 Å². The molecule has 0 fully saturated rings. The number of rotatable bonds is 1. The summed E-state index contributed by atoms with van der Waals surface area (Å²) in [6.07, 6.45) is 1.78. The first-order chi connectivity index (χ1) is 3.43. The fourth-order valence-electron chi connectivity index (χ4n) is 0.283. The molecule has 1 atom stereocenters. The molecule has 2 N–H and O–H groups in total. The van der Waals surface area contributed by atoms with Gasteiger partial charge in [-0.1, -0.05) is 0 Å². The Kier molecular flexibility index (Phi) is 1.84. The van der Waals surface area contributed by atoms with Gasteiger partial charge in [0.05, 0.1) is 16.5 Å². The molecule has 0 aromatic carbocycles. The summed E-state index contributed by atoms with van der Waals surface area (Å²) in [6, 6.07) is 0. The minimum Gasteiger partial charge on any atom is -0.266 e. The van der Waals surface area contributed by atoms with E-state index in [9.17, 15) is 0 Å². The molecule has 0 amide bonds. The highest BCUT2D eigenvalue weighted by Crippen LogP contribution is 2.06. The van der Waals surface area contributed by atoms with Crippen LogP contribution in [-0.4, -0.2) is 12.8 Å². The summed E-state index contributed by atoms with van der Waals surface area (Å²) in [5.74, 6) is 0. The topological polar surface area (TPSA) is 50.7 Å². The Morgan fingerprint density at radius 2 is 2.71 bits per heavy atom. The van der Waals surface area contributed by atoms with E-state index in [-0.39, 0.29) is 9.91 Å². The minimum absolute atomic E-state index is 0.245. The maximum Gasteiger partial charge on any atom is 0.0921 e. The van der Waals surface area contributed by atoms with Crippen molar-refractivity contribution < 1.29 is 0 Å². The smallest absolute Gasteiger partial charge is 0.0921 e. The van der Waals surface area contributed by atoms with Crippen molar-refractivity contribution >= 4 is 27.1 Å². The van der Waals surface area contributed by atoms with Crippen LogP contribution in [0.3, 0.4) is 0 Å². The molecule has 40 valence electrons. The molecule has 1 aliphatic heterocycles. The van der Waals surface area contributed by atoms with Gasteiger partial charge in [-0.25, -0.2) is 8.76 Å². The predicted octanol–water partition coefficient (Wildman–Crippen LogP) is 0.310. The number of nitrogens with two attached hydrogens (primary N) is 1. The highest BCUT2D eigenvalue weighted by Gasteiger charge is 1.93. The Hall–Kier alpha value is 0.130. The van der Waals surface area contributed by atoms with Crippen molar-refractivity contribution in [2.45, 2.75) is 0 Å². The fourth-order valence-corrected chi connectivity index (χ4v) is 1.55. The molecular weight excluding hydrogens is 130 g/mol. The number of hydrogen-bond donors (Lipinski definition) is 1. The molecule has 7 heavy (non-hydrogen) atoms. The number of hydrogen-bond acceptors (Lipinski definition) is 4. The van der Waals surface area contributed by atoms with Crippen molar-refractivity contribution in [1.82, 2.24) is 0 Å². The van der Waals surface area contributed by atoms with Gasteiger partial charge in [0, 0.05) is 17.2 Å². The summed E-state index contributed by atoms with van der Waals surface area (Å²) in [5, 5.41) is 5.16. The Morgan fingerprint density at radius 1 is 1.86 bits per heavy atom. The van der Waals surface area contributed by atoms with E-state index in [0.29, 0.717) is 0 Å². The molecule has 0 aromatic heterocycles. The lowest BCUT2D eigenvalue weighted by molar-refractivity contribution is 1.40. The summed E-state index contributed by atoms with van der Waals surface area (Å²) in [5.41, 5.74) is 0. The molecule has 5 heteroatoms. The first-order valence-electron chi connectivity index (χ1n) is 1.75. The summed E-state index contributed by atoms with van der Waals surface area (Å²) >= 11 is 0.